The van der Waals surface area contributed by atoms with E-state index < -0.39 is 0 Å². The average molecular weight is 464 g/mol. The van der Waals surface area contributed by atoms with Gasteiger partial charge in [-0.05, 0) is 59.8 Å². The van der Waals surface area contributed by atoms with Crippen LogP contribution >= 0.6 is 0 Å². The molecule has 2 aromatic carbocycles. The number of aliphatic imine (C=N–C) groups is 1. The molecule has 1 unspecified atom stereocenters. The van der Waals surface area contributed by atoms with E-state index in [1.807, 2.05) is 18.3 Å². The Morgan fingerprint density at radius 1 is 1.09 bits per heavy atom. The molecule has 1 atom stereocenters. The average Bonchev–Trinajstić information content (AvgIpc) is 3.30. The van der Waals surface area contributed by atoms with Crippen LogP contribution in [0.1, 0.15) is 46.2 Å². The largest absolute Gasteiger partial charge is 0.481 e. The number of methoxy groups -OCH3 is 1. The van der Waals surface area contributed by atoms with Gasteiger partial charge in [0, 0.05) is 54.4 Å². The molecule has 1 aliphatic carbocycles. The highest BCUT2D eigenvalue weighted by atomic mass is 16.5. The highest BCUT2D eigenvalue weighted by molar-refractivity contribution is 6.15. The first-order chi connectivity index (χ1) is 17.2. The lowest BCUT2D eigenvalue weighted by Crippen LogP contribution is -2.37. The predicted molar refractivity (Wildman–Crippen MR) is 138 cm³/mol. The lowest BCUT2D eigenvalue weighted by atomic mass is 9.80. The molecule has 0 N–H and O–H groups in total. The summed E-state index contributed by atoms with van der Waals surface area (Å²) in [5, 5.41) is 0. The van der Waals surface area contributed by atoms with Crippen molar-refractivity contribution in [3.05, 3.63) is 99.7 Å². The minimum Gasteiger partial charge on any atom is -0.481 e. The number of rotatable bonds is 5. The van der Waals surface area contributed by atoms with Gasteiger partial charge in [0.15, 0.2) is 5.78 Å². The molecule has 0 amide bonds. The smallest absolute Gasteiger partial charge is 0.212 e. The number of carbonyl (C=O) groups excluding carboxylic acids is 1. The van der Waals surface area contributed by atoms with Crippen LogP contribution in [-0.2, 0) is 24.3 Å². The second-order valence-corrected chi connectivity index (χ2v) is 9.72. The zero-order chi connectivity index (χ0) is 23.8. The van der Waals surface area contributed by atoms with Crippen LogP contribution in [-0.4, -0.2) is 41.6 Å². The molecule has 3 aliphatic rings. The number of ketones is 1. The third-order valence-corrected chi connectivity index (χ3v) is 7.42. The number of nitrogens with zero attached hydrogens (tertiary/aromatic N) is 3. The molecular weight excluding hydrogens is 434 g/mol. The van der Waals surface area contributed by atoms with Crippen LogP contribution in [0.2, 0.25) is 0 Å². The summed E-state index contributed by atoms with van der Waals surface area (Å²) in [4.78, 5) is 24.9. The van der Waals surface area contributed by atoms with Gasteiger partial charge in [-0.25, -0.2) is 4.98 Å². The third kappa shape index (κ3) is 4.32. The van der Waals surface area contributed by atoms with Crippen molar-refractivity contribution < 1.29 is 9.53 Å². The molecule has 1 fully saturated rings. The Hall–Kier alpha value is -3.57. The van der Waals surface area contributed by atoms with Crippen molar-refractivity contribution in [1.29, 1.82) is 0 Å². The van der Waals surface area contributed by atoms with E-state index >= 15 is 0 Å². The van der Waals surface area contributed by atoms with Gasteiger partial charge in [-0.1, -0.05) is 36.4 Å². The summed E-state index contributed by atoms with van der Waals surface area (Å²) in [7, 11) is 1.62. The van der Waals surface area contributed by atoms with Gasteiger partial charge in [0.05, 0.1) is 19.4 Å². The zero-order valence-corrected chi connectivity index (χ0v) is 20.0. The van der Waals surface area contributed by atoms with Gasteiger partial charge in [0.25, 0.3) is 0 Å². The lowest BCUT2D eigenvalue weighted by molar-refractivity contribution is -0.115. The SMILES string of the molecule is COc1ccc(C2=NCc3cc4c(cc32)C=C(C2CCCN(Cc3ccccc3)C2)C(=O)C4)cn1. The summed E-state index contributed by atoms with van der Waals surface area (Å²) in [5.74, 6) is 1.17. The fourth-order valence-electron chi connectivity index (χ4n) is 5.65. The van der Waals surface area contributed by atoms with E-state index in [-0.39, 0.29) is 5.78 Å². The van der Waals surface area contributed by atoms with E-state index in [9.17, 15) is 4.79 Å². The maximum absolute atomic E-state index is 13.2. The summed E-state index contributed by atoms with van der Waals surface area (Å²) < 4.78 is 5.20. The number of pyridine rings is 1. The number of piperidine rings is 1. The van der Waals surface area contributed by atoms with Crippen molar-refractivity contribution in [1.82, 2.24) is 9.88 Å². The molecule has 3 heterocycles. The summed E-state index contributed by atoms with van der Waals surface area (Å²) in [5.41, 5.74) is 8.91. The molecule has 5 heteroatoms. The van der Waals surface area contributed by atoms with E-state index in [2.05, 4.69) is 58.4 Å². The van der Waals surface area contributed by atoms with Crippen molar-refractivity contribution in [3.63, 3.8) is 0 Å². The topological polar surface area (TPSA) is 54.8 Å². The van der Waals surface area contributed by atoms with Crippen LogP contribution in [0, 0.1) is 5.92 Å². The van der Waals surface area contributed by atoms with E-state index in [0.29, 0.717) is 24.8 Å². The van der Waals surface area contributed by atoms with Gasteiger partial charge in [-0.15, -0.1) is 0 Å². The van der Waals surface area contributed by atoms with Crippen LogP contribution in [0.3, 0.4) is 0 Å². The van der Waals surface area contributed by atoms with Crippen LogP contribution in [0.5, 0.6) is 5.88 Å². The number of aromatic nitrogens is 1. The van der Waals surface area contributed by atoms with Gasteiger partial charge in [0.1, 0.15) is 0 Å². The molecule has 0 saturated carbocycles. The standard InChI is InChI=1S/C30H29N3O2/c1-35-29-10-9-21(16-31-29)30-27-14-24-13-26(28(34)15-23(24)12-25(27)17-32-30)22-8-5-11-33(19-22)18-20-6-3-2-4-7-20/h2-4,6-7,9-10,12-14,16,22H,5,8,11,15,17-19H2,1H3. The molecule has 6 rings (SSSR count). The van der Waals surface area contributed by atoms with Crippen LogP contribution in [0.4, 0.5) is 0 Å². The van der Waals surface area contributed by atoms with Crippen molar-refractivity contribution in [2.75, 3.05) is 20.2 Å². The van der Waals surface area contributed by atoms with Gasteiger partial charge in [-0.2, -0.15) is 0 Å². The van der Waals surface area contributed by atoms with Crippen LogP contribution in [0.15, 0.2) is 71.4 Å². The molecule has 35 heavy (non-hydrogen) atoms. The quantitative estimate of drug-likeness (QED) is 0.542. The van der Waals surface area contributed by atoms with Gasteiger partial charge in [0.2, 0.25) is 5.88 Å². The first kappa shape index (κ1) is 21.9. The predicted octanol–water partition coefficient (Wildman–Crippen LogP) is 4.86. The first-order valence-electron chi connectivity index (χ1n) is 12.4. The van der Waals surface area contributed by atoms with Gasteiger partial charge in [-0.3, -0.25) is 14.7 Å². The minimum atomic E-state index is 0.280. The summed E-state index contributed by atoms with van der Waals surface area (Å²) in [6.07, 6.45) is 6.68. The van der Waals surface area contributed by atoms with Crippen LogP contribution < -0.4 is 4.74 Å². The Morgan fingerprint density at radius 2 is 1.97 bits per heavy atom. The summed E-state index contributed by atoms with van der Waals surface area (Å²) >= 11 is 0. The Kier molecular flexibility index (Phi) is 5.78. The molecule has 3 aromatic rings. The number of hydrogen-bond acceptors (Lipinski definition) is 5. The molecule has 0 bridgehead atoms. The van der Waals surface area contributed by atoms with E-state index in [1.165, 1.54) is 11.1 Å². The number of ether oxygens (including phenoxy) is 1. The second-order valence-electron chi connectivity index (χ2n) is 9.72. The summed E-state index contributed by atoms with van der Waals surface area (Å²) in [6.45, 7) is 3.62. The molecule has 5 nitrogen and oxygen atoms in total. The lowest BCUT2D eigenvalue weighted by Gasteiger charge is -2.34. The second kappa shape index (κ2) is 9.23. The first-order valence-corrected chi connectivity index (χ1v) is 12.4. The normalized spacial score (nSPS) is 19.6. The molecular formula is C30H29N3O2. The molecule has 2 aliphatic heterocycles. The van der Waals surface area contributed by atoms with Crippen LogP contribution in [0.25, 0.3) is 6.08 Å². The van der Waals surface area contributed by atoms with Crippen molar-refractivity contribution in [3.8, 4) is 5.88 Å². The fraction of sp³-hybridized carbons (Fsp3) is 0.300. The maximum Gasteiger partial charge on any atom is 0.212 e. The third-order valence-electron chi connectivity index (χ3n) is 7.42. The molecule has 1 aromatic heterocycles. The number of carbonyl (C=O) groups is 1. The molecule has 0 radical (unpaired) electrons. The monoisotopic (exact) mass is 463 g/mol. The number of fused-ring (bicyclic) bond motifs is 2. The van der Waals surface area contributed by atoms with Crippen molar-refractivity contribution >= 4 is 17.6 Å². The van der Waals surface area contributed by atoms with E-state index in [1.54, 1.807) is 7.11 Å². The molecule has 1 saturated heterocycles. The number of Topliss-reactive ketones (excluding diaryl/α,β-unsaturated/α-hetero) is 1. The number of benzene rings is 2. The highest BCUT2D eigenvalue weighted by Gasteiger charge is 2.30. The Labute approximate surface area is 206 Å². The van der Waals surface area contributed by atoms with E-state index in [0.717, 1.165) is 66.0 Å². The van der Waals surface area contributed by atoms with Crippen molar-refractivity contribution in [2.45, 2.75) is 32.4 Å². The minimum absolute atomic E-state index is 0.280. The van der Waals surface area contributed by atoms with Crippen molar-refractivity contribution in [2.24, 2.45) is 10.9 Å². The molecule has 176 valence electrons. The Bertz CT molecular complexity index is 1330. The van der Waals surface area contributed by atoms with E-state index in [4.69, 9.17) is 9.73 Å². The Morgan fingerprint density at radius 3 is 2.77 bits per heavy atom. The zero-order valence-electron chi connectivity index (χ0n) is 20.0. The van der Waals surface area contributed by atoms with Gasteiger partial charge < -0.3 is 4.74 Å². The summed E-state index contributed by atoms with van der Waals surface area (Å²) in [6, 6.07) is 18.9. The number of hydrogen-bond donors (Lipinski definition) is 0. The molecule has 0 spiro atoms. The Balaban J connectivity index is 1.26. The van der Waals surface area contributed by atoms with Gasteiger partial charge >= 0.3 is 0 Å². The maximum atomic E-state index is 13.2. The fourth-order valence-corrected chi connectivity index (χ4v) is 5.65. The highest BCUT2D eigenvalue weighted by Crippen LogP contribution is 2.35. The number of likely N-dealkylation sites (tertiary alicyclic amines) is 1.